The normalized spacial score (nSPS) is 11.3. The summed E-state index contributed by atoms with van der Waals surface area (Å²) in [7, 11) is 0. The van der Waals surface area contributed by atoms with E-state index in [0.29, 0.717) is 22.7 Å². The summed E-state index contributed by atoms with van der Waals surface area (Å²) in [5.41, 5.74) is 2.81. The van der Waals surface area contributed by atoms with Gasteiger partial charge in [-0.1, -0.05) is 66.3 Å². The van der Waals surface area contributed by atoms with E-state index < -0.39 is 0 Å². The molecule has 0 fully saturated rings. The van der Waals surface area contributed by atoms with Crippen molar-refractivity contribution in [1.82, 2.24) is 4.57 Å². The molecule has 0 spiro atoms. The molecule has 0 bridgehead atoms. The van der Waals surface area contributed by atoms with Crippen LogP contribution in [-0.4, -0.2) is 22.0 Å². The first-order chi connectivity index (χ1) is 13.6. The Morgan fingerprint density at radius 3 is 2.36 bits per heavy atom. The maximum Gasteiger partial charge on any atom is 0.268 e. The van der Waals surface area contributed by atoms with Gasteiger partial charge >= 0.3 is 0 Å². The zero-order valence-electron chi connectivity index (χ0n) is 15.9. The molecule has 142 valence electrons. The van der Waals surface area contributed by atoms with Crippen molar-refractivity contribution >= 4 is 5.71 Å². The molecule has 2 aromatic carbocycles. The summed E-state index contributed by atoms with van der Waals surface area (Å²) in [5.74, 6) is -0.0977. The lowest BCUT2D eigenvalue weighted by Crippen LogP contribution is -2.27. The van der Waals surface area contributed by atoms with Crippen molar-refractivity contribution in [2.45, 2.75) is 13.8 Å². The predicted octanol–water partition coefficient (Wildman–Crippen LogP) is 4.45. The monoisotopic (exact) mass is 374 g/mol. The first-order valence-corrected chi connectivity index (χ1v) is 8.93. The molecule has 0 unspecified atom stereocenters. The molecule has 1 aromatic heterocycles. The van der Waals surface area contributed by atoms with Gasteiger partial charge in [-0.3, -0.25) is 9.36 Å². The van der Waals surface area contributed by atoms with E-state index in [9.17, 15) is 9.90 Å². The molecule has 5 heteroatoms. The first kappa shape index (κ1) is 19.2. The minimum absolute atomic E-state index is 0.0977. The Morgan fingerprint density at radius 1 is 1.14 bits per heavy atom. The van der Waals surface area contributed by atoms with Gasteiger partial charge in [-0.2, -0.15) is 0 Å². The highest BCUT2D eigenvalue weighted by atomic mass is 16.6. The summed E-state index contributed by atoms with van der Waals surface area (Å²) in [6, 6.07) is 18.9. The van der Waals surface area contributed by atoms with Crippen LogP contribution in [0.3, 0.4) is 0 Å². The third-order valence-electron chi connectivity index (χ3n) is 4.41. The van der Waals surface area contributed by atoms with E-state index in [2.05, 4.69) is 11.7 Å². The third kappa shape index (κ3) is 3.60. The quantitative estimate of drug-likeness (QED) is 0.300. The maximum atomic E-state index is 13.5. The van der Waals surface area contributed by atoms with Crippen molar-refractivity contribution in [1.29, 1.82) is 0 Å². The molecule has 0 aliphatic rings. The molecule has 1 heterocycles. The second-order valence-corrected chi connectivity index (χ2v) is 6.30. The van der Waals surface area contributed by atoms with Gasteiger partial charge in [0.05, 0.1) is 11.4 Å². The fourth-order valence-corrected chi connectivity index (χ4v) is 3.11. The van der Waals surface area contributed by atoms with E-state index in [-0.39, 0.29) is 23.5 Å². The van der Waals surface area contributed by atoms with Crippen LogP contribution in [-0.2, 0) is 4.84 Å². The molecule has 0 saturated carbocycles. The van der Waals surface area contributed by atoms with Crippen molar-refractivity contribution in [2.75, 3.05) is 6.61 Å². The summed E-state index contributed by atoms with van der Waals surface area (Å²) in [6.45, 7) is 7.21. The van der Waals surface area contributed by atoms with Gasteiger partial charge in [0.2, 0.25) is 0 Å². The van der Waals surface area contributed by atoms with Gasteiger partial charge in [-0.15, -0.1) is 0 Å². The van der Waals surface area contributed by atoms with Crippen molar-refractivity contribution in [3.05, 3.63) is 94.8 Å². The van der Waals surface area contributed by atoms with E-state index in [1.54, 1.807) is 24.5 Å². The zero-order chi connectivity index (χ0) is 20.1. The molecule has 0 radical (unpaired) electrons. The number of rotatable bonds is 6. The molecule has 0 saturated heterocycles. The van der Waals surface area contributed by atoms with Crippen LogP contribution in [0, 0.1) is 6.92 Å². The fraction of sp³-hybridized carbons (Fsp3) is 0.130. The standard InChI is InChI=1S/C23H22N2O3/c1-4-15-28-24-17(3)20-22(26)16(2)21(18-11-7-5-8-12-18)25(23(20)27)19-13-9-6-10-14-19/h4-14,26H,1,15H2,2-3H3/b24-17-. The van der Waals surface area contributed by atoms with Gasteiger partial charge in [0, 0.05) is 11.3 Å². The second kappa shape index (κ2) is 8.39. The van der Waals surface area contributed by atoms with Gasteiger partial charge in [-0.05, 0) is 31.5 Å². The van der Waals surface area contributed by atoms with Gasteiger partial charge in [0.15, 0.2) is 0 Å². The molecular formula is C23H22N2O3. The molecule has 0 atom stereocenters. The molecular weight excluding hydrogens is 352 g/mol. The van der Waals surface area contributed by atoms with E-state index in [0.717, 1.165) is 5.56 Å². The highest BCUT2D eigenvalue weighted by molar-refractivity contribution is 6.01. The van der Waals surface area contributed by atoms with E-state index in [1.165, 1.54) is 0 Å². The Bertz CT molecular complexity index is 1070. The predicted molar refractivity (Wildman–Crippen MR) is 112 cm³/mol. The van der Waals surface area contributed by atoms with Crippen LogP contribution in [0.2, 0.25) is 0 Å². The van der Waals surface area contributed by atoms with Crippen molar-refractivity contribution in [3.8, 4) is 22.7 Å². The summed E-state index contributed by atoms with van der Waals surface area (Å²) in [4.78, 5) is 18.6. The summed E-state index contributed by atoms with van der Waals surface area (Å²) < 4.78 is 1.60. The fourth-order valence-electron chi connectivity index (χ4n) is 3.11. The van der Waals surface area contributed by atoms with E-state index >= 15 is 0 Å². The SMILES string of the molecule is C=CCO/N=C(/C)c1c(O)c(C)c(-c2ccccc2)n(-c2ccccc2)c1=O. The smallest absolute Gasteiger partial charge is 0.268 e. The van der Waals surface area contributed by atoms with Crippen LogP contribution in [0.25, 0.3) is 16.9 Å². The molecule has 5 nitrogen and oxygen atoms in total. The number of aromatic hydroxyl groups is 1. The Labute approximate surface area is 163 Å². The lowest BCUT2D eigenvalue weighted by atomic mass is 10.0. The highest BCUT2D eigenvalue weighted by Crippen LogP contribution is 2.32. The van der Waals surface area contributed by atoms with Crippen molar-refractivity contribution < 1.29 is 9.94 Å². The first-order valence-electron chi connectivity index (χ1n) is 8.93. The number of para-hydroxylation sites is 1. The topological polar surface area (TPSA) is 63.8 Å². The zero-order valence-corrected chi connectivity index (χ0v) is 15.9. The summed E-state index contributed by atoms with van der Waals surface area (Å²) in [5, 5.41) is 14.8. The maximum absolute atomic E-state index is 13.5. The van der Waals surface area contributed by atoms with E-state index in [1.807, 2.05) is 60.7 Å². The van der Waals surface area contributed by atoms with Crippen molar-refractivity contribution in [2.24, 2.45) is 5.16 Å². The van der Waals surface area contributed by atoms with Crippen LogP contribution in [0.5, 0.6) is 5.75 Å². The van der Waals surface area contributed by atoms with Gasteiger partial charge in [-0.25, -0.2) is 0 Å². The Balaban J connectivity index is 2.35. The number of nitrogens with zero attached hydrogens (tertiary/aromatic N) is 2. The Kier molecular flexibility index (Phi) is 5.75. The number of benzene rings is 2. The average Bonchev–Trinajstić information content (AvgIpc) is 2.72. The van der Waals surface area contributed by atoms with Gasteiger partial charge in [0.25, 0.3) is 5.56 Å². The number of aromatic nitrogens is 1. The minimum Gasteiger partial charge on any atom is -0.507 e. The molecule has 0 amide bonds. The van der Waals surface area contributed by atoms with Crippen LogP contribution in [0.15, 0.2) is 83.3 Å². The lowest BCUT2D eigenvalue weighted by molar-refractivity contribution is 0.175. The third-order valence-corrected chi connectivity index (χ3v) is 4.41. The van der Waals surface area contributed by atoms with Crippen LogP contribution >= 0.6 is 0 Å². The largest absolute Gasteiger partial charge is 0.507 e. The molecule has 0 aliphatic carbocycles. The molecule has 0 aliphatic heterocycles. The minimum atomic E-state index is -0.364. The molecule has 28 heavy (non-hydrogen) atoms. The van der Waals surface area contributed by atoms with Crippen LogP contribution < -0.4 is 5.56 Å². The molecule has 1 N–H and O–H groups in total. The van der Waals surface area contributed by atoms with E-state index in [4.69, 9.17) is 4.84 Å². The molecule has 3 rings (SSSR count). The second-order valence-electron chi connectivity index (χ2n) is 6.30. The number of hydrogen-bond donors (Lipinski definition) is 1. The van der Waals surface area contributed by atoms with Gasteiger partial charge < -0.3 is 9.94 Å². The van der Waals surface area contributed by atoms with Crippen LogP contribution in [0.4, 0.5) is 0 Å². The highest BCUT2D eigenvalue weighted by Gasteiger charge is 2.23. The Hall–Kier alpha value is -3.60. The van der Waals surface area contributed by atoms with Crippen LogP contribution in [0.1, 0.15) is 18.1 Å². The lowest BCUT2D eigenvalue weighted by Gasteiger charge is -2.19. The molecule has 3 aromatic rings. The summed E-state index contributed by atoms with van der Waals surface area (Å²) >= 11 is 0. The Morgan fingerprint density at radius 2 is 1.75 bits per heavy atom. The van der Waals surface area contributed by atoms with Crippen molar-refractivity contribution in [3.63, 3.8) is 0 Å². The average molecular weight is 374 g/mol. The number of pyridine rings is 1. The number of hydrogen-bond acceptors (Lipinski definition) is 4. The van der Waals surface area contributed by atoms with Gasteiger partial charge in [0.1, 0.15) is 17.9 Å². The number of oxime groups is 1. The summed E-state index contributed by atoms with van der Waals surface area (Å²) in [6.07, 6.45) is 1.56.